The van der Waals surface area contributed by atoms with Gasteiger partial charge in [0.2, 0.25) is 0 Å². The minimum Gasteiger partial charge on any atom is -0.322 e. The first-order valence-corrected chi connectivity index (χ1v) is 13.2. The van der Waals surface area contributed by atoms with Crippen molar-refractivity contribution in [3.63, 3.8) is 0 Å². The van der Waals surface area contributed by atoms with Gasteiger partial charge in [0, 0.05) is 49.7 Å². The second-order valence-electron chi connectivity index (χ2n) is 9.16. The molecule has 0 unspecified atom stereocenters. The van der Waals surface area contributed by atoms with E-state index in [0.717, 1.165) is 55.1 Å². The molecule has 0 radical (unpaired) electrons. The fraction of sp³-hybridized carbons (Fsp3) is 0.296. The van der Waals surface area contributed by atoms with Crippen LogP contribution in [0.15, 0.2) is 71.6 Å². The molecule has 1 saturated heterocycles. The van der Waals surface area contributed by atoms with Crippen molar-refractivity contribution >= 4 is 27.3 Å². The Bertz CT molecular complexity index is 1300. The van der Waals surface area contributed by atoms with Crippen molar-refractivity contribution in [2.45, 2.75) is 25.3 Å². The molecule has 3 aromatic carbocycles. The van der Waals surface area contributed by atoms with Gasteiger partial charge in [0.25, 0.3) is 15.9 Å². The minimum atomic E-state index is -3.76. The summed E-state index contributed by atoms with van der Waals surface area (Å²) in [5.74, 6) is -0.284. The Hall–Kier alpha value is -3.20. The van der Waals surface area contributed by atoms with Gasteiger partial charge >= 0.3 is 0 Å². The van der Waals surface area contributed by atoms with Crippen molar-refractivity contribution in [2.75, 3.05) is 43.3 Å². The number of nitrogens with one attached hydrogen (secondary N) is 2. The van der Waals surface area contributed by atoms with Gasteiger partial charge in [-0.1, -0.05) is 18.2 Å². The van der Waals surface area contributed by atoms with Crippen LogP contribution in [0.2, 0.25) is 0 Å². The zero-order valence-corrected chi connectivity index (χ0v) is 21.2. The standard InChI is InChI=1S/C27H32N4O3S/c1-20-7-10-25(17-21(20)2)29-35(33,34)26-11-8-23(9-12-26)27(32)28-24-6-4-5-22(18-24)19-31-15-13-30(3)14-16-31/h4-12,17-18,29H,13-16,19H2,1-3H3,(H,28,32). The number of hydrogen-bond donors (Lipinski definition) is 2. The molecule has 8 heteroatoms. The van der Waals surface area contributed by atoms with Crippen LogP contribution in [0.4, 0.5) is 11.4 Å². The predicted octanol–water partition coefficient (Wildman–Crippen LogP) is 4.10. The Morgan fingerprint density at radius 3 is 2.26 bits per heavy atom. The molecular weight excluding hydrogens is 460 g/mol. The third kappa shape index (κ3) is 6.48. The van der Waals surface area contributed by atoms with Crippen molar-refractivity contribution < 1.29 is 13.2 Å². The molecule has 4 rings (SSSR count). The summed E-state index contributed by atoms with van der Waals surface area (Å²) in [7, 11) is -1.62. The Morgan fingerprint density at radius 1 is 0.857 bits per heavy atom. The zero-order chi connectivity index (χ0) is 25.0. The van der Waals surface area contributed by atoms with E-state index >= 15 is 0 Å². The summed E-state index contributed by atoms with van der Waals surface area (Å²) in [5.41, 5.74) is 4.85. The lowest BCUT2D eigenvalue weighted by Gasteiger charge is -2.32. The molecule has 0 aromatic heterocycles. The summed E-state index contributed by atoms with van der Waals surface area (Å²) in [4.78, 5) is 17.6. The molecule has 7 nitrogen and oxygen atoms in total. The van der Waals surface area contributed by atoms with Gasteiger partial charge in [0.1, 0.15) is 0 Å². The minimum absolute atomic E-state index is 0.0986. The molecule has 0 aliphatic carbocycles. The van der Waals surface area contributed by atoms with Gasteiger partial charge in [-0.2, -0.15) is 0 Å². The first-order chi connectivity index (χ1) is 16.7. The van der Waals surface area contributed by atoms with Crippen molar-refractivity contribution in [3.05, 3.63) is 89.0 Å². The number of hydrogen-bond acceptors (Lipinski definition) is 5. The van der Waals surface area contributed by atoms with E-state index < -0.39 is 10.0 Å². The summed E-state index contributed by atoms with van der Waals surface area (Å²) < 4.78 is 28.1. The summed E-state index contributed by atoms with van der Waals surface area (Å²) in [6.45, 7) is 8.92. The lowest BCUT2D eigenvalue weighted by atomic mass is 10.1. The van der Waals surface area contributed by atoms with Gasteiger partial charge in [-0.15, -0.1) is 0 Å². The molecule has 0 atom stereocenters. The highest BCUT2D eigenvalue weighted by molar-refractivity contribution is 7.92. The summed E-state index contributed by atoms with van der Waals surface area (Å²) >= 11 is 0. The van der Waals surface area contributed by atoms with Gasteiger partial charge in [-0.25, -0.2) is 8.42 Å². The number of sulfonamides is 1. The number of carbonyl (C=O) groups is 1. The molecule has 35 heavy (non-hydrogen) atoms. The highest BCUT2D eigenvalue weighted by atomic mass is 32.2. The van der Waals surface area contributed by atoms with Crippen molar-refractivity contribution in [1.82, 2.24) is 9.80 Å². The monoisotopic (exact) mass is 492 g/mol. The second-order valence-corrected chi connectivity index (χ2v) is 10.8. The maximum Gasteiger partial charge on any atom is 0.261 e. The molecule has 1 aliphatic rings. The topological polar surface area (TPSA) is 81.7 Å². The van der Waals surface area contributed by atoms with Crippen molar-refractivity contribution in [3.8, 4) is 0 Å². The zero-order valence-electron chi connectivity index (χ0n) is 20.4. The van der Waals surface area contributed by atoms with Crippen LogP contribution in [0, 0.1) is 13.8 Å². The van der Waals surface area contributed by atoms with E-state index in [4.69, 9.17) is 0 Å². The highest BCUT2D eigenvalue weighted by Crippen LogP contribution is 2.20. The lowest BCUT2D eigenvalue weighted by Crippen LogP contribution is -2.43. The SMILES string of the molecule is Cc1ccc(NS(=O)(=O)c2ccc(C(=O)Nc3cccc(CN4CCN(C)CC4)c3)cc2)cc1C. The quantitative estimate of drug-likeness (QED) is 0.519. The van der Waals surface area contributed by atoms with Gasteiger partial charge in [0.05, 0.1) is 4.90 Å². The van der Waals surface area contributed by atoms with E-state index in [2.05, 4.69) is 33.0 Å². The van der Waals surface area contributed by atoms with Gasteiger partial charge in [-0.05, 0) is 86.1 Å². The molecule has 1 amide bonds. The van der Waals surface area contributed by atoms with Crippen LogP contribution in [-0.4, -0.2) is 57.4 Å². The molecule has 0 saturated carbocycles. The molecular formula is C27H32N4O3S. The summed E-state index contributed by atoms with van der Waals surface area (Å²) in [5, 5.41) is 2.92. The molecule has 184 valence electrons. The number of benzene rings is 3. The van der Waals surface area contributed by atoms with Crippen molar-refractivity contribution in [2.24, 2.45) is 0 Å². The number of likely N-dealkylation sites (N-methyl/N-ethyl adjacent to an activating group) is 1. The number of carbonyl (C=O) groups excluding carboxylic acids is 1. The Morgan fingerprint density at radius 2 is 1.57 bits per heavy atom. The fourth-order valence-corrected chi connectivity index (χ4v) is 5.07. The van der Waals surface area contributed by atoms with E-state index in [1.807, 2.05) is 38.1 Å². The van der Waals surface area contributed by atoms with Gasteiger partial charge < -0.3 is 10.2 Å². The van der Waals surface area contributed by atoms with Crippen LogP contribution < -0.4 is 10.0 Å². The predicted molar refractivity (Wildman–Crippen MR) is 140 cm³/mol. The average molecular weight is 493 g/mol. The lowest BCUT2D eigenvalue weighted by molar-refractivity contribution is 0.102. The molecule has 2 N–H and O–H groups in total. The second kappa shape index (κ2) is 10.6. The van der Waals surface area contributed by atoms with E-state index in [9.17, 15) is 13.2 Å². The third-order valence-corrected chi connectivity index (χ3v) is 7.77. The molecule has 1 heterocycles. The molecule has 0 bridgehead atoms. The van der Waals surface area contributed by atoms with Crippen LogP contribution in [0.5, 0.6) is 0 Å². The Labute approximate surface area is 207 Å². The van der Waals surface area contributed by atoms with Gasteiger partial charge in [-0.3, -0.25) is 14.4 Å². The number of rotatable bonds is 7. The first kappa shape index (κ1) is 24.9. The van der Waals surface area contributed by atoms with Crippen molar-refractivity contribution in [1.29, 1.82) is 0 Å². The number of amides is 1. The molecule has 1 aliphatic heterocycles. The summed E-state index contributed by atoms with van der Waals surface area (Å²) in [6, 6.07) is 19.2. The maximum atomic E-state index is 12.8. The Balaban J connectivity index is 1.39. The molecule has 0 spiro atoms. The normalized spacial score (nSPS) is 15.1. The van der Waals surface area contributed by atoms with Crippen LogP contribution in [0.25, 0.3) is 0 Å². The van der Waals surface area contributed by atoms with E-state index in [-0.39, 0.29) is 10.8 Å². The number of nitrogens with zero attached hydrogens (tertiary/aromatic N) is 2. The number of aryl methyl sites for hydroxylation is 2. The largest absolute Gasteiger partial charge is 0.322 e. The van der Waals surface area contributed by atoms with Crippen LogP contribution in [-0.2, 0) is 16.6 Å². The maximum absolute atomic E-state index is 12.8. The van der Waals surface area contributed by atoms with Crippen LogP contribution in [0.3, 0.4) is 0 Å². The van der Waals surface area contributed by atoms with Crippen LogP contribution >= 0.6 is 0 Å². The van der Waals surface area contributed by atoms with E-state index in [1.165, 1.54) is 24.3 Å². The fourth-order valence-electron chi connectivity index (χ4n) is 4.02. The number of piperazine rings is 1. The average Bonchev–Trinajstić information content (AvgIpc) is 2.83. The van der Waals surface area contributed by atoms with Crippen LogP contribution in [0.1, 0.15) is 27.0 Å². The Kier molecular flexibility index (Phi) is 7.54. The molecule has 3 aromatic rings. The highest BCUT2D eigenvalue weighted by Gasteiger charge is 2.17. The van der Waals surface area contributed by atoms with E-state index in [1.54, 1.807) is 12.1 Å². The van der Waals surface area contributed by atoms with Gasteiger partial charge in [0.15, 0.2) is 0 Å². The third-order valence-electron chi connectivity index (χ3n) is 6.37. The van der Waals surface area contributed by atoms with E-state index in [0.29, 0.717) is 11.3 Å². The smallest absolute Gasteiger partial charge is 0.261 e. The number of anilines is 2. The summed E-state index contributed by atoms with van der Waals surface area (Å²) in [6.07, 6.45) is 0. The molecule has 1 fully saturated rings. The first-order valence-electron chi connectivity index (χ1n) is 11.7.